The van der Waals surface area contributed by atoms with E-state index in [2.05, 4.69) is 33.6 Å². The fourth-order valence-electron chi connectivity index (χ4n) is 2.56. The van der Waals surface area contributed by atoms with Crippen LogP contribution in [0.3, 0.4) is 0 Å². The van der Waals surface area contributed by atoms with Crippen molar-refractivity contribution in [3.63, 3.8) is 0 Å². The zero-order valence-electron chi connectivity index (χ0n) is 15.1. The fourth-order valence-corrected chi connectivity index (χ4v) is 3.42. The quantitative estimate of drug-likeness (QED) is 0.357. The standard InChI is InChI=1S/C18H24N4O2S.HI/c1-3-14-11-22-17(25-14)7-9-21-18(19-2)20-8-6-13-4-5-15-16(10-13)24-12-23-15;/h4-5,10-11H,3,6-9,12H2,1-2H3,(H2,19,20,21);1H. The number of thiazole rings is 1. The first-order valence-corrected chi connectivity index (χ1v) is 9.36. The third-order valence-corrected chi connectivity index (χ3v) is 5.15. The van der Waals surface area contributed by atoms with E-state index in [1.807, 2.05) is 18.3 Å². The molecule has 0 spiro atoms. The summed E-state index contributed by atoms with van der Waals surface area (Å²) in [6.45, 7) is 4.09. The van der Waals surface area contributed by atoms with Crippen molar-refractivity contribution in [1.29, 1.82) is 0 Å². The van der Waals surface area contributed by atoms with Crippen LogP contribution in [0.15, 0.2) is 29.4 Å². The first kappa shape index (κ1) is 20.8. The average molecular weight is 488 g/mol. The zero-order valence-corrected chi connectivity index (χ0v) is 18.2. The van der Waals surface area contributed by atoms with E-state index < -0.39 is 0 Å². The first-order valence-electron chi connectivity index (χ1n) is 8.55. The maximum Gasteiger partial charge on any atom is 0.231 e. The molecule has 0 saturated heterocycles. The van der Waals surface area contributed by atoms with E-state index in [9.17, 15) is 0 Å². The molecule has 3 rings (SSSR count). The van der Waals surface area contributed by atoms with Crippen molar-refractivity contribution in [3.05, 3.63) is 39.8 Å². The Balaban J connectivity index is 0.00000243. The number of aliphatic imine (C=N–C) groups is 1. The van der Waals surface area contributed by atoms with Crippen LogP contribution >= 0.6 is 35.3 Å². The molecular weight excluding hydrogens is 463 g/mol. The van der Waals surface area contributed by atoms with Crippen LogP contribution in [0, 0.1) is 0 Å². The summed E-state index contributed by atoms with van der Waals surface area (Å²) in [6, 6.07) is 6.07. The molecule has 1 aromatic carbocycles. The number of hydrogen-bond acceptors (Lipinski definition) is 5. The number of benzene rings is 1. The number of ether oxygens (including phenoxy) is 2. The third kappa shape index (κ3) is 5.73. The molecule has 0 bridgehead atoms. The average Bonchev–Trinajstić information content (AvgIpc) is 3.28. The summed E-state index contributed by atoms with van der Waals surface area (Å²) in [6.07, 6.45) is 4.82. The number of aryl methyl sites for hydroxylation is 1. The van der Waals surface area contributed by atoms with Crippen LogP contribution in [-0.4, -0.2) is 37.9 Å². The minimum Gasteiger partial charge on any atom is -0.454 e. The second-order valence-corrected chi connectivity index (χ2v) is 6.89. The lowest BCUT2D eigenvalue weighted by Crippen LogP contribution is -2.39. The Kier molecular flexibility index (Phi) is 8.43. The maximum absolute atomic E-state index is 5.41. The number of nitrogens with one attached hydrogen (secondary N) is 2. The van der Waals surface area contributed by atoms with E-state index in [0.717, 1.165) is 49.8 Å². The van der Waals surface area contributed by atoms with Gasteiger partial charge in [0, 0.05) is 37.6 Å². The van der Waals surface area contributed by atoms with E-state index >= 15 is 0 Å². The minimum absolute atomic E-state index is 0. The monoisotopic (exact) mass is 488 g/mol. The molecule has 2 aromatic rings. The Bertz CT molecular complexity index is 736. The van der Waals surface area contributed by atoms with Crippen molar-refractivity contribution < 1.29 is 9.47 Å². The highest BCUT2D eigenvalue weighted by atomic mass is 127. The fraction of sp³-hybridized carbons (Fsp3) is 0.444. The largest absolute Gasteiger partial charge is 0.454 e. The summed E-state index contributed by atoms with van der Waals surface area (Å²) in [5, 5.41) is 7.84. The van der Waals surface area contributed by atoms with Crippen molar-refractivity contribution in [1.82, 2.24) is 15.6 Å². The van der Waals surface area contributed by atoms with Crippen molar-refractivity contribution in [2.24, 2.45) is 4.99 Å². The lowest BCUT2D eigenvalue weighted by Gasteiger charge is -2.11. The Hall–Kier alpha value is -1.55. The molecule has 142 valence electrons. The summed E-state index contributed by atoms with van der Waals surface area (Å²) < 4.78 is 10.7. The molecule has 1 aliphatic heterocycles. The van der Waals surface area contributed by atoms with Crippen molar-refractivity contribution in [3.8, 4) is 11.5 Å². The van der Waals surface area contributed by atoms with Crippen molar-refractivity contribution in [2.75, 3.05) is 26.9 Å². The number of hydrogen-bond donors (Lipinski definition) is 2. The van der Waals surface area contributed by atoms with Gasteiger partial charge in [0.1, 0.15) is 0 Å². The molecule has 0 amide bonds. The molecule has 1 aromatic heterocycles. The maximum atomic E-state index is 5.41. The Morgan fingerprint density at radius 1 is 1.19 bits per heavy atom. The molecular formula is C18H25IN4O2S. The van der Waals surface area contributed by atoms with Crippen LogP contribution in [0.5, 0.6) is 11.5 Å². The van der Waals surface area contributed by atoms with E-state index in [1.165, 1.54) is 15.4 Å². The number of aromatic nitrogens is 1. The van der Waals surface area contributed by atoms with Gasteiger partial charge in [-0.1, -0.05) is 13.0 Å². The van der Waals surface area contributed by atoms with Crippen LogP contribution in [-0.2, 0) is 19.3 Å². The number of nitrogens with zero attached hydrogens (tertiary/aromatic N) is 2. The van der Waals surface area contributed by atoms with E-state index in [4.69, 9.17) is 9.47 Å². The molecule has 0 saturated carbocycles. The van der Waals surface area contributed by atoms with Gasteiger partial charge < -0.3 is 20.1 Å². The number of fused-ring (bicyclic) bond motifs is 1. The molecule has 1 aliphatic rings. The normalized spacial score (nSPS) is 12.6. The van der Waals surface area contributed by atoms with E-state index in [1.54, 1.807) is 18.4 Å². The molecule has 2 heterocycles. The number of guanidine groups is 1. The molecule has 0 radical (unpaired) electrons. The van der Waals surface area contributed by atoms with Gasteiger partial charge in [-0.05, 0) is 30.5 Å². The summed E-state index contributed by atoms with van der Waals surface area (Å²) in [4.78, 5) is 10.0. The van der Waals surface area contributed by atoms with Gasteiger partial charge in [-0.25, -0.2) is 4.98 Å². The molecule has 0 atom stereocenters. The summed E-state index contributed by atoms with van der Waals surface area (Å²) >= 11 is 1.78. The number of halogens is 1. The lowest BCUT2D eigenvalue weighted by molar-refractivity contribution is 0.174. The van der Waals surface area contributed by atoms with Crippen molar-refractivity contribution in [2.45, 2.75) is 26.2 Å². The molecule has 6 nitrogen and oxygen atoms in total. The molecule has 0 aliphatic carbocycles. The Labute approximate surface area is 175 Å². The summed E-state index contributed by atoms with van der Waals surface area (Å²) in [7, 11) is 1.79. The van der Waals surface area contributed by atoms with Gasteiger partial charge in [-0.15, -0.1) is 35.3 Å². The third-order valence-electron chi connectivity index (χ3n) is 3.95. The van der Waals surface area contributed by atoms with Gasteiger partial charge in [0.2, 0.25) is 6.79 Å². The van der Waals surface area contributed by atoms with Gasteiger partial charge in [-0.3, -0.25) is 4.99 Å². The second kappa shape index (κ2) is 10.6. The van der Waals surface area contributed by atoms with Crippen LogP contribution in [0.4, 0.5) is 0 Å². The SMILES string of the molecule is CCc1cnc(CCNC(=NC)NCCc2ccc3c(c2)OCO3)s1.I. The molecule has 8 heteroatoms. The summed E-state index contributed by atoms with van der Waals surface area (Å²) in [5.74, 6) is 2.46. The van der Waals surface area contributed by atoms with Crippen molar-refractivity contribution >= 4 is 41.3 Å². The van der Waals surface area contributed by atoms with Gasteiger partial charge in [0.15, 0.2) is 17.5 Å². The second-order valence-electron chi connectivity index (χ2n) is 5.69. The minimum atomic E-state index is 0. The number of rotatable bonds is 7. The lowest BCUT2D eigenvalue weighted by atomic mass is 10.1. The summed E-state index contributed by atoms with van der Waals surface area (Å²) in [5.41, 5.74) is 1.21. The zero-order chi connectivity index (χ0) is 17.5. The first-order chi connectivity index (χ1) is 12.3. The predicted molar refractivity (Wildman–Crippen MR) is 116 cm³/mol. The predicted octanol–water partition coefficient (Wildman–Crippen LogP) is 3.00. The van der Waals surface area contributed by atoms with Crippen LogP contribution in [0.2, 0.25) is 0 Å². The van der Waals surface area contributed by atoms with Crippen LogP contribution in [0.1, 0.15) is 22.4 Å². The highest BCUT2D eigenvalue weighted by molar-refractivity contribution is 14.0. The van der Waals surface area contributed by atoms with Gasteiger partial charge >= 0.3 is 0 Å². The van der Waals surface area contributed by atoms with Gasteiger partial charge in [-0.2, -0.15) is 0 Å². The smallest absolute Gasteiger partial charge is 0.231 e. The van der Waals surface area contributed by atoms with Gasteiger partial charge in [0.25, 0.3) is 0 Å². The highest BCUT2D eigenvalue weighted by Crippen LogP contribution is 2.32. The van der Waals surface area contributed by atoms with Crippen LogP contribution in [0.25, 0.3) is 0 Å². The Morgan fingerprint density at radius 2 is 1.96 bits per heavy atom. The van der Waals surface area contributed by atoms with Crippen LogP contribution < -0.4 is 20.1 Å². The molecule has 0 unspecified atom stereocenters. The highest BCUT2D eigenvalue weighted by Gasteiger charge is 2.12. The topological polar surface area (TPSA) is 67.8 Å². The van der Waals surface area contributed by atoms with Gasteiger partial charge in [0.05, 0.1) is 5.01 Å². The van der Waals surface area contributed by atoms with E-state index in [-0.39, 0.29) is 24.0 Å². The van der Waals surface area contributed by atoms with E-state index in [0.29, 0.717) is 6.79 Å². The molecule has 0 fully saturated rings. The Morgan fingerprint density at radius 3 is 2.69 bits per heavy atom. The molecule has 2 N–H and O–H groups in total. The molecule has 26 heavy (non-hydrogen) atoms.